The predicted molar refractivity (Wildman–Crippen MR) is 60.9 cm³/mol. The minimum Gasteiger partial charge on any atom is -0.314 e. The standard InChI is InChI=1S/C12H10N4/c1-2-4-12-10(3-1)5-6-11(15-12)7-16-8-13-14-9-16/h1-6,8-9H,7H2. The SMILES string of the molecule is c1ccc2nc(Cn3cnnc3)ccc2c1. The molecule has 0 aliphatic heterocycles. The van der Waals surface area contributed by atoms with Crippen molar-refractivity contribution in [2.75, 3.05) is 0 Å². The van der Waals surface area contributed by atoms with E-state index in [2.05, 4.69) is 27.3 Å². The molecule has 0 amide bonds. The van der Waals surface area contributed by atoms with E-state index in [1.165, 1.54) is 0 Å². The number of rotatable bonds is 2. The quantitative estimate of drug-likeness (QED) is 0.648. The van der Waals surface area contributed by atoms with Crippen molar-refractivity contribution in [3.8, 4) is 0 Å². The number of nitrogens with zero attached hydrogens (tertiary/aromatic N) is 4. The summed E-state index contributed by atoms with van der Waals surface area (Å²) in [7, 11) is 0. The maximum Gasteiger partial charge on any atom is 0.119 e. The molecule has 0 bridgehead atoms. The lowest BCUT2D eigenvalue weighted by molar-refractivity contribution is 0.774. The third-order valence-electron chi connectivity index (χ3n) is 2.47. The lowest BCUT2D eigenvalue weighted by atomic mass is 10.2. The minimum absolute atomic E-state index is 0.706. The molecule has 1 aromatic carbocycles. The molecular formula is C12H10N4. The highest BCUT2D eigenvalue weighted by Gasteiger charge is 1.98. The maximum absolute atomic E-state index is 4.57. The summed E-state index contributed by atoms with van der Waals surface area (Å²) in [5.41, 5.74) is 2.03. The largest absolute Gasteiger partial charge is 0.314 e. The number of fused-ring (bicyclic) bond motifs is 1. The molecule has 4 nitrogen and oxygen atoms in total. The topological polar surface area (TPSA) is 43.6 Å². The first-order chi connectivity index (χ1) is 7.92. The second-order valence-electron chi connectivity index (χ2n) is 3.63. The zero-order valence-electron chi connectivity index (χ0n) is 8.61. The van der Waals surface area contributed by atoms with E-state index in [0.29, 0.717) is 6.54 Å². The van der Waals surface area contributed by atoms with Crippen molar-refractivity contribution in [1.29, 1.82) is 0 Å². The molecule has 16 heavy (non-hydrogen) atoms. The van der Waals surface area contributed by atoms with Gasteiger partial charge in [-0.05, 0) is 12.1 Å². The fraction of sp³-hybridized carbons (Fsp3) is 0.0833. The summed E-state index contributed by atoms with van der Waals surface area (Å²) < 4.78 is 1.90. The van der Waals surface area contributed by atoms with Crippen molar-refractivity contribution in [2.24, 2.45) is 0 Å². The zero-order chi connectivity index (χ0) is 10.8. The normalized spacial score (nSPS) is 10.8. The molecule has 0 fully saturated rings. The van der Waals surface area contributed by atoms with Gasteiger partial charge in [-0.2, -0.15) is 0 Å². The second-order valence-corrected chi connectivity index (χ2v) is 3.63. The highest BCUT2D eigenvalue weighted by Crippen LogP contribution is 2.12. The van der Waals surface area contributed by atoms with Gasteiger partial charge in [0.25, 0.3) is 0 Å². The van der Waals surface area contributed by atoms with Crippen LogP contribution in [0, 0.1) is 0 Å². The van der Waals surface area contributed by atoms with Crippen molar-refractivity contribution < 1.29 is 0 Å². The molecule has 0 spiro atoms. The molecule has 4 heteroatoms. The lowest BCUT2D eigenvalue weighted by Gasteiger charge is -2.02. The summed E-state index contributed by atoms with van der Waals surface area (Å²) in [6, 6.07) is 12.2. The van der Waals surface area contributed by atoms with Crippen LogP contribution >= 0.6 is 0 Å². The molecule has 0 radical (unpaired) electrons. The molecule has 0 N–H and O–H groups in total. The third kappa shape index (κ3) is 1.65. The number of hydrogen-bond acceptors (Lipinski definition) is 3. The van der Waals surface area contributed by atoms with Crippen molar-refractivity contribution in [1.82, 2.24) is 19.7 Å². The highest BCUT2D eigenvalue weighted by molar-refractivity contribution is 5.78. The van der Waals surface area contributed by atoms with Crippen LogP contribution in [0.1, 0.15) is 5.69 Å². The van der Waals surface area contributed by atoms with Gasteiger partial charge < -0.3 is 4.57 Å². The van der Waals surface area contributed by atoms with Crippen LogP contribution in [-0.4, -0.2) is 19.7 Å². The molecule has 0 aliphatic carbocycles. The van der Waals surface area contributed by atoms with E-state index >= 15 is 0 Å². The zero-order valence-corrected chi connectivity index (χ0v) is 8.61. The summed E-state index contributed by atoms with van der Waals surface area (Å²) in [5, 5.41) is 8.69. The van der Waals surface area contributed by atoms with E-state index in [0.717, 1.165) is 16.6 Å². The van der Waals surface area contributed by atoms with Crippen molar-refractivity contribution >= 4 is 10.9 Å². The van der Waals surface area contributed by atoms with E-state index in [4.69, 9.17) is 0 Å². The Balaban J connectivity index is 1.99. The van der Waals surface area contributed by atoms with Gasteiger partial charge in [-0.3, -0.25) is 4.98 Å². The summed E-state index contributed by atoms with van der Waals surface area (Å²) in [5.74, 6) is 0. The van der Waals surface area contributed by atoms with Gasteiger partial charge in [0.15, 0.2) is 0 Å². The van der Waals surface area contributed by atoms with Crippen LogP contribution in [-0.2, 0) is 6.54 Å². The smallest absolute Gasteiger partial charge is 0.119 e. The van der Waals surface area contributed by atoms with E-state index in [9.17, 15) is 0 Å². The molecule has 0 atom stereocenters. The number of para-hydroxylation sites is 1. The molecule has 0 saturated carbocycles. The first kappa shape index (κ1) is 9.03. The predicted octanol–water partition coefficient (Wildman–Crippen LogP) is 1.87. The van der Waals surface area contributed by atoms with Crippen LogP contribution in [0.3, 0.4) is 0 Å². The molecule has 0 unspecified atom stereocenters. The van der Waals surface area contributed by atoms with Crippen molar-refractivity contribution in [2.45, 2.75) is 6.54 Å². The van der Waals surface area contributed by atoms with Crippen molar-refractivity contribution in [3.63, 3.8) is 0 Å². The van der Waals surface area contributed by atoms with E-state index in [1.54, 1.807) is 12.7 Å². The van der Waals surface area contributed by atoms with Crippen LogP contribution in [0.25, 0.3) is 10.9 Å². The van der Waals surface area contributed by atoms with Crippen molar-refractivity contribution in [3.05, 3.63) is 54.7 Å². The third-order valence-corrected chi connectivity index (χ3v) is 2.47. The lowest BCUT2D eigenvalue weighted by Crippen LogP contribution is -1.99. The van der Waals surface area contributed by atoms with Gasteiger partial charge in [0.05, 0.1) is 17.8 Å². The Hall–Kier alpha value is -2.23. The number of aromatic nitrogens is 4. The Bertz CT molecular complexity index is 601. The summed E-state index contributed by atoms with van der Waals surface area (Å²) in [6.45, 7) is 0.706. The number of hydrogen-bond donors (Lipinski definition) is 0. The summed E-state index contributed by atoms with van der Waals surface area (Å²) >= 11 is 0. The fourth-order valence-corrected chi connectivity index (χ4v) is 1.69. The Labute approximate surface area is 92.6 Å². The van der Waals surface area contributed by atoms with Gasteiger partial charge in [0.2, 0.25) is 0 Å². The summed E-state index contributed by atoms with van der Waals surface area (Å²) in [4.78, 5) is 4.57. The fourth-order valence-electron chi connectivity index (χ4n) is 1.69. The van der Waals surface area contributed by atoms with Crippen LogP contribution in [0.4, 0.5) is 0 Å². The molecule has 2 heterocycles. The van der Waals surface area contributed by atoms with Crippen LogP contribution in [0.2, 0.25) is 0 Å². The van der Waals surface area contributed by atoms with Crippen LogP contribution < -0.4 is 0 Å². The molecule has 3 aromatic rings. The average molecular weight is 210 g/mol. The number of benzene rings is 1. The molecule has 0 aliphatic rings. The molecule has 3 rings (SSSR count). The van der Waals surface area contributed by atoms with Gasteiger partial charge in [-0.25, -0.2) is 0 Å². The Morgan fingerprint density at radius 2 is 1.75 bits per heavy atom. The molecule has 0 saturated heterocycles. The van der Waals surface area contributed by atoms with E-state index in [-0.39, 0.29) is 0 Å². The Kier molecular flexibility index (Phi) is 2.11. The van der Waals surface area contributed by atoms with E-state index < -0.39 is 0 Å². The number of pyridine rings is 1. The Morgan fingerprint density at radius 1 is 0.938 bits per heavy atom. The minimum atomic E-state index is 0.706. The second kappa shape index (κ2) is 3.73. The first-order valence-electron chi connectivity index (χ1n) is 5.09. The van der Waals surface area contributed by atoms with Crippen LogP contribution in [0.5, 0.6) is 0 Å². The average Bonchev–Trinajstić information content (AvgIpc) is 2.82. The van der Waals surface area contributed by atoms with E-state index in [1.807, 2.05) is 28.8 Å². The van der Waals surface area contributed by atoms with Crippen LogP contribution in [0.15, 0.2) is 49.1 Å². The monoisotopic (exact) mass is 210 g/mol. The van der Waals surface area contributed by atoms with Gasteiger partial charge in [0.1, 0.15) is 12.7 Å². The Morgan fingerprint density at radius 3 is 2.62 bits per heavy atom. The van der Waals surface area contributed by atoms with Gasteiger partial charge in [0, 0.05) is 5.39 Å². The highest BCUT2D eigenvalue weighted by atomic mass is 15.2. The van der Waals surface area contributed by atoms with Gasteiger partial charge in [-0.15, -0.1) is 10.2 Å². The summed E-state index contributed by atoms with van der Waals surface area (Å²) in [6.07, 6.45) is 3.38. The van der Waals surface area contributed by atoms with Gasteiger partial charge >= 0.3 is 0 Å². The molecular weight excluding hydrogens is 200 g/mol. The first-order valence-corrected chi connectivity index (χ1v) is 5.09. The molecule has 2 aromatic heterocycles. The molecule has 78 valence electrons. The van der Waals surface area contributed by atoms with Gasteiger partial charge in [-0.1, -0.05) is 24.3 Å². The maximum atomic E-state index is 4.57.